The van der Waals surface area contributed by atoms with E-state index in [0.29, 0.717) is 0 Å². The van der Waals surface area contributed by atoms with E-state index in [1.165, 1.54) is 0 Å². The Hall–Kier alpha value is 0.0569. The molecule has 0 fully saturated rings. The van der Waals surface area contributed by atoms with E-state index in [2.05, 4.69) is 55.4 Å². The minimum atomic E-state index is -3.22. The average Bonchev–Trinajstić information content (AvgIpc) is 2.66. The molecule has 0 atom stereocenters. The van der Waals surface area contributed by atoms with Crippen molar-refractivity contribution in [1.82, 2.24) is 0 Å². The first kappa shape index (κ1) is 25.1. The highest BCUT2D eigenvalue weighted by molar-refractivity contribution is 6.53. The van der Waals surface area contributed by atoms with Crippen molar-refractivity contribution in [3.05, 3.63) is 0 Å². The molecule has 0 saturated heterocycles. The van der Waals surface area contributed by atoms with E-state index in [1.54, 1.807) is 0 Å². The molecule has 0 aromatic rings. The second-order valence-electron chi connectivity index (χ2n) is 6.73. The molecule has 0 bridgehead atoms. The fourth-order valence-corrected chi connectivity index (χ4v) is 6.10. The van der Waals surface area contributed by atoms with Crippen molar-refractivity contribution < 1.29 is 17.7 Å². The van der Waals surface area contributed by atoms with Gasteiger partial charge in [0.05, 0.1) is 24.4 Å². The highest BCUT2D eigenvalue weighted by atomic mass is 28.4. The molecule has 0 aliphatic heterocycles. The first-order valence-electron chi connectivity index (χ1n) is 10.7. The molecular formula is C20H44O4Si. The standard InChI is InChI=1S/C20H44O4Si/c1-9-17(10-2)21-25(22-18(11-3)12-4,23-19(13-5)14-6)24-20(15-7)16-8/h17-20H,9-16H2,1-8H3. The molecule has 0 radical (unpaired) electrons. The zero-order chi connectivity index (χ0) is 19.3. The molecule has 152 valence electrons. The molecule has 0 aromatic carbocycles. The van der Waals surface area contributed by atoms with E-state index in [1.807, 2.05) is 0 Å². The van der Waals surface area contributed by atoms with Crippen LogP contribution >= 0.6 is 0 Å². The summed E-state index contributed by atoms with van der Waals surface area (Å²) in [5, 5.41) is 0. The lowest BCUT2D eigenvalue weighted by molar-refractivity contribution is -0.109. The molecule has 0 N–H and O–H groups in total. The lowest BCUT2D eigenvalue weighted by atomic mass is 10.2. The van der Waals surface area contributed by atoms with E-state index < -0.39 is 9.05 Å². The third kappa shape index (κ3) is 9.00. The van der Waals surface area contributed by atoms with Crippen LogP contribution in [0.15, 0.2) is 0 Å². The molecule has 0 spiro atoms. The van der Waals surface area contributed by atoms with Gasteiger partial charge in [-0.05, 0) is 51.4 Å². The third-order valence-electron chi connectivity index (χ3n) is 4.89. The van der Waals surface area contributed by atoms with Crippen LogP contribution in [0.1, 0.15) is 107 Å². The van der Waals surface area contributed by atoms with Crippen LogP contribution in [-0.2, 0) is 17.7 Å². The molecule has 0 saturated carbocycles. The van der Waals surface area contributed by atoms with Gasteiger partial charge in [0.15, 0.2) is 0 Å². The van der Waals surface area contributed by atoms with Crippen molar-refractivity contribution in [2.24, 2.45) is 0 Å². The van der Waals surface area contributed by atoms with Crippen molar-refractivity contribution >= 4 is 9.05 Å². The fraction of sp³-hybridized carbons (Fsp3) is 1.00. The van der Waals surface area contributed by atoms with Crippen molar-refractivity contribution in [2.75, 3.05) is 0 Å². The molecule has 25 heavy (non-hydrogen) atoms. The van der Waals surface area contributed by atoms with Crippen LogP contribution in [0.5, 0.6) is 0 Å². The molecular weight excluding hydrogens is 332 g/mol. The first-order valence-corrected chi connectivity index (χ1v) is 12.3. The van der Waals surface area contributed by atoms with E-state index in [0.717, 1.165) is 51.4 Å². The molecule has 5 heteroatoms. The van der Waals surface area contributed by atoms with Gasteiger partial charge in [0.1, 0.15) is 0 Å². The lowest BCUT2D eigenvalue weighted by Gasteiger charge is -2.38. The fourth-order valence-electron chi connectivity index (χ4n) is 2.80. The maximum atomic E-state index is 6.51. The Kier molecular flexibility index (Phi) is 14.2. The summed E-state index contributed by atoms with van der Waals surface area (Å²) >= 11 is 0. The van der Waals surface area contributed by atoms with Crippen molar-refractivity contribution in [3.8, 4) is 0 Å². The van der Waals surface area contributed by atoms with Gasteiger partial charge in [0, 0.05) is 0 Å². The maximum Gasteiger partial charge on any atom is 0.680 e. The monoisotopic (exact) mass is 376 g/mol. The van der Waals surface area contributed by atoms with Gasteiger partial charge in [-0.15, -0.1) is 0 Å². The zero-order valence-electron chi connectivity index (χ0n) is 18.1. The topological polar surface area (TPSA) is 36.9 Å². The van der Waals surface area contributed by atoms with Crippen LogP contribution in [0, 0.1) is 0 Å². The molecule has 0 rings (SSSR count). The van der Waals surface area contributed by atoms with Crippen LogP contribution in [0.2, 0.25) is 0 Å². The summed E-state index contributed by atoms with van der Waals surface area (Å²) in [6, 6.07) is 0. The van der Waals surface area contributed by atoms with Gasteiger partial charge >= 0.3 is 9.05 Å². The number of rotatable bonds is 16. The summed E-state index contributed by atoms with van der Waals surface area (Å²) < 4.78 is 26.0. The summed E-state index contributed by atoms with van der Waals surface area (Å²) in [7, 11) is -3.22. The van der Waals surface area contributed by atoms with Gasteiger partial charge in [-0.1, -0.05) is 55.4 Å². The summed E-state index contributed by atoms with van der Waals surface area (Å²) in [6.45, 7) is 17.2. The lowest BCUT2D eigenvalue weighted by Crippen LogP contribution is -2.56. The first-order chi connectivity index (χ1) is 12.0. The maximum absolute atomic E-state index is 6.51. The zero-order valence-corrected chi connectivity index (χ0v) is 19.1. The van der Waals surface area contributed by atoms with E-state index in [9.17, 15) is 0 Å². The SMILES string of the molecule is CCC(CC)O[Si](OC(CC)CC)(OC(CC)CC)OC(CC)CC. The van der Waals surface area contributed by atoms with Crippen molar-refractivity contribution in [2.45, 2.75) is 131 Å². The van der Waals surface area contributed by atoms with Gasteiger partial charge in [0.2, 0.25) is 0 Å². The summed E-state index contributed by atoms with van der Waals surface area (Å²) in [5.74, 6) is 0. The van der Waals surface area contributed by atoms with Crippen molar-refractivity contribution in [1.29, 1.82) is 0 Å². The summed E-state index contributed by atoms with van der Waals surface area (Å²) in [6.07, 6.45) is 7.99. The Morgan fingerprint density at radius 3 is 0.680 bits per heavy atom. The predicted octanol–water partition coefficient (Wildman–Crippen LogP) is 6.24. The van der Waals surface area contributed by atoms with Gasteiger partial charge < -0.3 is 17.7 Å². The largest absolute Gasteiger partial charge is 0.680 e. The van der Waals surface area contributed by atoms with Crippen LogP contribution < -0.4 is 0 Å². The normalized spacial score (nSPS) is 13.0. The Bertz CT molecular complexity index is 237. The highest BCUT2D eigenvalue weighted by Crippen LogP contribution is 2.27. The molecule has 4 nitrogen and oxygen atoms in total. The van der Waals surface area contributed by atoms with E-state index in [4.69, 9.17) is 17.7 Å². The second kappa shape index (κ2) is 14.2. The summed E-state index contributed by atoms with van der Waals surface area (Å²) in [4.78, 5) is 0. The molecule has 0 heterocycles. The summed E-state index contributed by atoms with van der Waals surface area (Å²) in [5.41, 5.74) is 0. The Morgan fingerprint density at radius 1 is 0.400 bits per heavy atom. The van der Waals surface area contributed by atoms with E-state index in [-0.39, 0.29) is 24.4 Å². The third-order valence-corrected chi connectivity index (χ3v) is 7.37. The van der Waals surface area contributed by atoms with Crippen LogP contribution in [0.25, 0.3) is 0 Å². The Morgan fingerprint density at radius 2 is 0.560 bits per heavy atom. The highest BCUT2D eigenvalue weighted by Gasteiger charge is 2.51. The Labute approximate surface area is 158 Å². The van der Waals surface area contributed by atoms with E-state index >= 15 is 0 Å². The molecule has 0 aliphatic rings. The molecule has 0 unspecified atom stereocenters. The Balaban J connectivity index is 5.69. The number of hydrogen-bond acceptors (Lipinski definition) is 4. The van der Waals surface area contributed by atoms with Gasteiger partial charge in [-0.2, -0.15) is 0 Å². The van der Waals surface area contributed by atoms with Crippen molar-refractivity contribution in [3.63, 3.8) is 0 Å². The van der Waals surface area contributed by atoms with Crippen LogP contribution in [0.4, 0.5) is 0 Å². The molecule has 0 aromatic heterocycles. The van der Waals surface area contributed by atoms with Gasteiger partial charge in [-0.3, -0.25) is 0 Å². The minimum Gasteiger partial charge on any atom is -0.348 e. The number of hydrogen-bond donors (Lipinski definition) is 0. The second-order valence-corrected chi connectivity index (χ2v) is 8.67. The molecule has 0 aliphatic carbocycles. The molecule has 0 amide bonds. The van der Waals surface area contributed by atoms with Crippen LogP contribution in [0.3, 0.4) is 0 Å². The predicted molar refractivity (Wildman–Crippen MR) is 108 cm³/mol. The van der Waals surface area contributed by atoms with Gasteiger partial charge in [0.25, 0.3) is 0 Å². The van der Waals surface area contributed by atoms with Crippen LogP contribution in [-0.4, -0.2) is 33.5 Å². The quantitative estimate of drug-likeness (QED) is 0.299. The average molecular weight is 377 g/mol. The smallest absolute Gasteiger partial charge is 0.348 e. The van der Waals surface area contributed by atoms with Gasteiger partial charge in [-0.25, -0.2) is 0 Å². The minimum absolute atomic E-state index is 0.116.